The van der Waals surface area contributed by atoms with Gasteiger partial charge in [-0.3, -0.25) is 0 Å². The number of alkyl carbamates (subject to hydrolysis) is 1. The lowest BCUT2D eigenvalue weighted by Crippen LogP contribution is -2.48. The van der Waals surface area contributed by atoms with Crippen LogP contribution in [0, 0.1) is 0 Å². The second-order valence-corrected chi connectivity index (χ2v) is 6.28. The molecule has 132 valence electrons. The number of imidazole rings is 1. The smallest absolute Gasteiger partial charge is 0.408 e. The van der Waals surface area contributed by atoms with E-state index in [4.69, 9.17) is 9.84 Å². The first-order chi connectivity index (χ1) is 12.1. The summed E-state index contributed by atoms with van der Waals surface area (Å²) in [5.74, 6) is -0.599. The molecule has 3 rings (SSSR count). The Morgan fingerprint density at radius 2 is 1.92 bits per heavy atom. The molecule has 1 aliphatic rings. The van der Waals surface area contributed by atoms with Crippen molar-refractivity contribution in [3.63, 3.8) is 0 Å². The molecule has 7 heteroatoms. The molecule has 0 spiro atoms. The third kappa shape index (κ3) is 3.99. The number of aromatic nitrogens is 2. The summed E-state index contributed by atoms with van der Waals surface area (Å²) in [7, 11) is 0. The lowest BCUT2D eigenvalue weighted by Gasteiger charge is -2.35. The maximum absolute atomic E-state index is 12.3. The summed E-state index contributed by atoms with van der Waals surface area (Å²) in [6, 6.07) is 9.44. The number of aromatic carboxylic acids is 1. The molecule has 1 fully saturated rings. The lowest BCUT2D eigenvalue weighted by molar-refractivity contribution is 0.0690. The van der Waals surface area contributed by atoms with Crippen LogP contribution >= 0.6 is 0 Å². The predicted octanol–water partition coefficient (Wildman–Crippen LogP) is 3.19. The number of nitrogens with one attached hydrogen (secondary N) is 2. The van der Waals surface area contributed by atoms with Gasteiger partial charge in [0.2, 0.25) is 0 Å². The second kappa shape index (κ2) is 7.38. The molecule has 1 saturated carbocycles. The summed E-state index contributed by atoms with van der Waals surface area (Å²) in [4.78, 5) is 30.4. The molecule has 0 unspecified atom stereocenters. The van der Waals surface area contributed by atoms with E-state index in [1.54, 1.807) is 0 Å². The van der Waals surface area contributed by atoms with Gasteiger partial charge < -0.3 is 20.1 Å². The molecule has 1 aromatic carbocycles. The average Bonchev–Trinajstić information content (AvgIpc) is 3.13. The minimum Gasteiger partial charge on any atom is -0.477 e. The molecule has 2 aromatic rings. The number of hydrogen-bond acceptors (Lipinski definition) is 4. The first-order valence-electron chi connectivity index (χ1n) is 8.37. The first kappa shape index (κ1) is 17.0. The summed E-state index contributed by atoms with van der Waals surface area (Å²) in [5.41, 5.74) is 0.209. The van der Waals surface area contributed by atoms with E-state index < -0.39 is 17.6 Å². The highest BCUT2D eigenvalue weighted by Crippen LogP contribution is 2.35. The normalized spacial score (nSPS) is 16.2. The van der Waals surface area contributed by atoms with Crippen molar-refractivity contribution in [1.82, 2.24) is 15.3 Å². The van der Waals surface area contributed by atoms with Crippen LogP contribution in [0.5, 0.6) is 0 Å². The first-order valence-corrected chi connectivity index (χ1v) is 8.37. The van der Waals surface area contributed by atoms with Crippen molar-refractivity contribution in [3.05, 3.63) is 53.6 Å². The number of rotatable bonds is 5. The number of benzene rings is 1. The van der Waals surface area contributed by atoms with E-state index in [-0.39, 0.29) is 12.3 Å². The number of carboxylic acid groups (broad SMARTS) is 1. The average molecular weight is 343 g/mol. The minimum atomic E-state index is -1.07. The van der Waals surface area contributed by atoms with E-state index in [2.05, 4.69) is 15.3 Å². The van der Waals surface area contributed by atoms with Gasteiger partial charge in [0, 0.05) is 0 Å². The van der Waals surface area contributed by atoms with Gasteiger partial charge in [-0.25, -0.2) is 14.6 Å². The highest BCUT2D eigenvalue weighted by Gasteiger charge is 2.39. The highest BCUT2D eigenvalue weighted by atomic mass is 16.5. The summed E-state index contributed by atoms with van der Waals surface area (Å²) in [5, 5.41) is 12.0. The molecule has 3 N–H and O–H groups in total. The number of nitrogens with zero attached hydrogens (tertiary/aromatic N) is 1. The summed E-state index contributed by atoms with van der Waals surface area (Å²) < 4.78 is 5.32. The monoisotopic (exact) mass is 343 g/mol. The Balaban J connectivity index is 1.71. The lowest BCUT2D eigenvalue weighted by atomic mass is 9.81. The van der Waals surface area contributed by atoms with Crippen LogP contribution in [0.1, 0.15) is 54.0 Å². The molecule has 1 amide bonds. The number of carbonyl (C=O) groups is 2. The topological polar surface area (TPSA) is 104 Å². The molecule has 7 nitrogen and oxygen atoms in total. The van der Waals surface area contributed by atoms with Crippen LogP contribution in [0.15, 0.2) is 36.5 Å². The van der Waals surface area contributed by atoms with E-state index in [0.717, 1.165) is 24.8 Å². The molecular formula is C18H21N3O4. The van der Waals surface area contributed by atoms with Crippen molar-refractivity contribution < 1.29 is 19.4 Å². The highest BCUT2D eigenvalue weighted by molar-refractivity contribution is 5.85. The van der Waals surface area contributed by atoms with Gasteiger partial charge in [-0.05, 0) is 18.4 Å². The number of hydrogen-bond donors (Lipinski definition) is 3. The summed E-state index contributed by atoms with van der Waals surface area (Å²) in [6.07, 6.45) is 5.09. The van der Waals surface area contributed by atoms with Gasteiger partial charge >= 0.3 is 12.1 Å². The van der Waals surface area contributed by atoms with E-state index in [1.807, 2.05) is 30.3 Å². The molecule has 0 bridgehead atoms. The standard InChI is InChI=1S/C18H21N3O4/c22-15(23)14-11-19-16(20-14)18(9-5-2-6-10-18)21-17(24)25-12-13-7-3-1-4-8-13/h1,3-4,7-8,11H,2,5-6,9-10,12H2,(H,19,20)(H,21,24)(H,22,23). The summed E-state index contributed by atoms with van der Waals surface area (Å²) in [6.45, 7) is 0.182. The van der Waals surface area contributed by atoms with Gasteiger partial charge in [-0.1, -0.05) is 49.6 Å². The van der Waals surface area contributed by atoms with Gasteiger partial charge in [0.25, 0.3) is 0 Å². The Kier molecular flexibility index (Phi) is 5.02. The van der Waals surface area contributed by atoms with Crippen molar-refractivity contribution in [1.29, 1.82) is 0 Å². The Labute approximate surface area is 145 Å². The molecule has 1 heterocycles. The molecule has 1 aliphatic carbocycles. The van der Waals surface area contributed by atoms with Gasteiger partial charge in [0.1, 0.15) is 23.7 Å². The van der Waals surface area contributed by atoms with Crippen molar-refractivity contribution >= 4 is 12.1 Å². The number of aromatic amines is 1. The number of carboxylic acids is 1. The summed E-state index contributed by atoms with van der Waals surface area (Å²) >= 11 is 0. The zero-order valence-corrected chi connectivity index (χ0v) is 13.8. The quantitative estimate of drug-likeness (QED) is 0.773. The Morgan fingerprint density at radius 1 is 1.20 bits per heavy atom. The number of carbonyl (C=O) groups excluding carboxylic acids is 1. The van der Waals surface area contributed by atoms with Crippen LogP contribution in [0.4, 0.5) is 4.79 Å². The maximum atomic E-state index is 12.3. The molecule has 25 heavy (non-hydrogen) atoms. The fourth-order valence-corrected chi connectivity index (χ4v) is 3.20. The van der Waals surface area contributed by atoms with Gasteiger partial charge in [0.05, 0.1) is 6.20 Å². The predicted molar refractivity (Wildman–Crippen MR) is 90.1 cm³/mol. The molecule has 0 aliphatic heterocycles. The molecule has 0 radical (unpaired) electrons. The van der Waals surface area contributed by atoms with Crippen LogP contribution in [0.25, 0.3) is 0 Å². The van der Waals surface area contributed by atoms with E-state index in [9.17, 15) is 9.59 Å². The van der Waals surface area contributed by atoms with Gasteiger partial charge in [-0.2, -0.15) is 0 Å². The number of ether oxygens (including phenoxy) is 1. The minimum absolute atomic E-state index is 0.0133. The van der Waals surface area contributed by atoms with Gasteiger partial charge in [0.15, 0.2) is 0 Å². The third-order valence-corrected chi connectivity index (χ3v) is 4.52. The van der Waals surface area contributed by atoms with E-state index in [1.165, 1.54) is 6.20 Å². The zero-order chi connectivity index (χ0) is 17.7. The number of amides is 1. The number of H-pyrrole nitrogens is 1. The Hall–Kier alpha value is -2.83. The van der Waals surface area contributed by atoms with E-state index >= 15 is 0 Å². The molecule has 1 aromatic heterocycles. The van der Waals surface area contributed by atoms with Crippen LogP contribution in [-0.2, 0) is 16.9 Å². The van der Waals surface area contributed by atoms with Crippen LogP contribution < -0.4 is 5.32 Å². The largest absolute Gasteiger partial charge is 0.477 e. The van der Waals surface area contributed by atoms with E-state index in [0.29, 0.717) is 18.7 Å². The fraction of sp³-hybridized carbons (Fsp3) is 0.389. The van der Waals surface area contributed by atoms with Crippen LogP contribution in [0.2, 0.25) is 0 Å². The zero-order valence-electron chi connectivity index (χ0n) is 13.8. The maximum Gasteiger partial charge on any atom is 0.408 e. The van der Waals surface area contributed by atoms with Crippen molar-refractivity contribution in [2.75, 3.05) is 0 Å². The molecule has 0 atom stereocenters. The van der Waals surface area contributed by atoms with Crippen molar-refractivity contribution in [2.45, 2.75) is 44.2 Å². The molecular weight excluding hydrogens is 322 g/mol. The Morgan fingerprint density at radius 3 is 2.56 bits per heavy atom. The third-order valence-electron chi connectivity index (χ3n) is 4.52. The van der Waals surface area contributed by atoms with Crippen LogP contribution in [-0.4, -0.2) is 27.1 Å². The Bertz CT molecular complexity index is 736. The molecule has 0 saturated heterocycles. The van der Waals surface area contributed by atoms with Crippen molar-refractivity contribution in [3.8, 4) is 0 Å². The second-order valence-electron chi connectivity index (χ2n) is 6.28. The van der Waals surface area contributed by atoms with Crippen LogP contribution in [0.3, 0.4) is 0 Å². The van der Waals surface area contributed by atoms with Crippen molar-refractivity contribution in [2.24, 2.45) is 0 Å². The fourth-order valence-electron chi connectivity index (χ4n) is 3.20. The van der Waals surface area contributed by atoms with Gasteiger partial charge in [-0.15, -0.1) is 0 Å². The SMILES string of the molecule is O=C(NC1(c2ncc(C(=O)O)[nH]2)CCCCC1)OCc1ccccc1.